The summed E-state index contributed by atoms with van der Waals surface area (Å²) in [5.41, 5.74) is 1.09. The van der Waals surface area contributed by atoms with Gasteiger partial charge >= 0.3 is 0 Å². The third kappa shape index (κ3) is 3.92. The molecule has 1 amide bonds. The van der Waals surface area contributed by atoms with Crippen LogP contribution in [0.25, 0.3) is 0 Å². The van der Waals surface area contributed by atoms with Gasteiger partial charge in [-0.05, 0) is 56.2 Å². The maximum absolute atomic E-state index is 13.2. The average Bonchev–Trinajstić information content (AvgIpc) is 3.50. The summed E-state index contributed by atoms with van der Waals surface area (Å²) in [6, 6.07) is 6.35. The molecule has 2 aliphatic rings. The minimum absolute atomic E-state index is 0.0466. The van der Waals surface area contributed by atoms with Crippen LogP contribution in [0.5, 0.6) is 11.5 Å². The number of methoxy groups -OCH3 is 2. The molecule has 2 fully saturated rings. The molecule has 0 N–H and O–H groups in total. The van der Waals surface area contributed by atoms with Crippen molar-refractivity contribution < 1.29 is 19.0 Å². The first-order valence-corrected chi connectivity index (χ1v) is 9.35. The summed E-state index contributed by atoms with van der Waals surface area (Å²) in [5, 5.41) is 0. The van der Waals surface area contributed by atoms with Crippen molar-refractivity contribution in [1.29, 1.82) is 0 Å². The van der Waals surface area contributed by atoms with Gasteiger partial charge in [-0.1, -0.05) is 13.0 Å². The lowest BCUT2D eigenvalue weighted by Gasteiger charge is -2.35. The first kappa shape index (κ1) is 18.1. The predicted octanol–water partition coefficient (Wildman–Crippen LogP) is 3.72. The van der Waals surface area contributed by atoms with Gasteiger partial charge in [0, 0.05) is 12.6 Å². The zero-order valence-electron chi connectivity index (χ0n) is 15.5. The Bertz CT molecular complexity index is 593. The third-order valence-corrected chi connectivity index (χ3v) is 5.16. The van der Waals surface area contributed by atoms with Crippen LogP contribution >= 0.6 is 0 Å². The smallest absolute Gasteiger partial charge is 0.252 e. The molecule has 1 aromatic carbocycles. The van der Waals surface area contributed by atoms with Gasteiger partial charge in [0.05, 0.1) is 20.3 Å². The molecule has 5 heteroatoms. The summed E-state index contributed by atoms with van der Waals surface area (Å²) in [6.07, 6.45) is 5.73. The van der Waals surface area contributed by atoms with Crippen molar-refractivity contribution in [3.8, 4) is 11.5 Å². The molecule has 3 rings (SSSR count). The van der Waals surface area contributed by atoms with Crippen LogP contribution in [-0.2, 0) is 9.53 Å². The van der Waals surface area contributed by atoms with Gasteiger partial charge in [-0.3, -0.25) is 4.79 Å². The summed E-state index contributed by atoms with van der Waals surface area (Å²) in [4.78, 5) is 15.3. The van der Waals surface area contributed by atoms with Gasteiger partial charge in [0.2, 0.25) is 0 Å². The van der Waals surface area contributed by atoms with Crippen LogP contribution in [0.2, 0.25) is 0 Å². The second-order valence-corrected chi connectivity index (χ2v) is 6.87. The molecule has 5 nitrogen and oxygen atoms in total. The van der Waals surface area contributed by atoms with E-state index >= 15 is 0 Å². The zero-order chi connectivity index (χ0) is 17.8. The molecule has 1 aliphatic heterocycles. The van der Waals surface area contributed by atoms with Crippen LogP contribution in [-0.4, -0.2) is 43.8 Å². The van der Waals surface area contributed by atoms with E-state index in [1.54, 1.807) is 14.2 Å². The van der Waals surface area contributed by atoms with E-state index in [2.05, 4.69) is 11.8 Å². The number of carbonyl (C=O) groups is 1. The number of rotatable bonds is 7. The Kier molecular flexibility index (Phi) is 5.84. The molecule has 25 heavy (non-hydrogen) atoms. The molecule has 0 spiro atoms. The molecule has 1 saturated carbocycles. The lowest BCUT2D eigenvalue weighted by Crippen LogP contribution is -2.45. The Morgan fingerprint density at radius 1 is 1.20 bits per heavy atom. The van der Waals surface area contributed by atoms with Crippen LogP contribution in [0, 0.1) is 0 Å². The summed E-state index contributed by atoms with van der Waals surface area (Å²) < 4.78 is 16.6. The van der Waals surface area contributed by atoms with Crippen molar-refractivity contribution in [2.75, 3.05) is 20.8 Å². The van der Waals surface area contributed by atoms with Crippen LogP contribution < -0.4 is 9.47 Å². The Morgan fingerprint density at radius 2 is 1.96 bits per heavy atom. The van der Waals surface area contributed by atoms with E-state index in [0.29, 0.717) is 24.1 Å². The standard InChI is InChI=1S/C20H29NO4/c1-4-16(14-8-11-17(23-2)19(13-14)24-3)21(15-9-10-15)20(22)18-7-5-6-12-25-18/h8,11,13,15-16,18H,4-7,9-10,12H2,1-3H3/t16-,18-/m1/s1. The average molecular weight is 347 g/mol. The summed E-state index contributed by atoms with van der Waals surface area (Å²) in [6.45, 7) is 2.83. The molecule has 1 aromatic rings. The van der Waals surface area contributed by atoms with Crippen molar-refractivity contribution in [1.82, 2.24) is 4.90 Å². The molecular formula is C20H29NO4. The summed E-state index contributed by atoms with van der Waals surface area (Å²) in [7, 11) is 3.28. The second-order valence-electron chi connectivity index (χ2n) is 6.87. The van der Waals surface area contributed by atoms with Gasteiger partial charge in [0.1, 0.15) is 6.10 Å². The minimum atomic E-state index is -0.274. The van der Waals surface area contributed by atoms with Gasteiger partial charge in [-0.15, -0.1) is 0 Å². The lowest BCUT2D eigenvalue weighted by molar-refractivity contribution is -0.150. The second kappa shape index (κ2) is 8.09. The Balaban J connectivity index is 1.86. The minimum Gasteiger partial charge on any atom is -0.493 e. The molecule has 138 valence electrons. The third-order valence-electron chi connectivity index (χ3n) is 5.16. The highest BCUT2D eigenvalue weighted by Gasteiger charge is 2.40. The number of hydrogen-bond acceptors (Lipinski definition) is 4. The molecule has 2 atom stereocenters. The van der Waals surface area contributed by atoms with Crippen molar-refractivity contribution in [3.63, 3.8) is 0 Å². The SMILES string of the molecule is CC[C@H](c1ccc(OC)c(OC)c1)N(C(=O)[C@H]1CCCCO1)C1CC1. The van der Waals surface area contributed by atoms with E-state index in [4.69, 9.17) is 14.2 Å². The van der Waals surface area contributed by atoms with Crippen LogP contribution in [0.4, 0.5) is 0 Å². The van der Waals surface area contributed by atoms with E-state index in [-0.39, 0.29) is 18.1 Å². The highest BCUT2D eigenvalue weighted by Crippen LogP contribution is 2.40. The van der Waals surface area contributed by atoms with Crippen LogP contribution in [0.3, 0.4) is 0 Å². The van der Waals surface area contributed by atoms with Crippen LogP contribution in [0.15, 0.2) is 18.2 Å². The first-order chi connectivity index (χ1) is 12.2. The van der Waals surface area contributed by atoms with Gasteiger partial charge in [-0.2, -0.15) is 0 Å². The lowest BCUT2D eigenvalue weighted by atomic mass is 9.99. The van der Waals surface area contributed by atoms with Crippen molar-refractivity contribution in [3.05, 3.63) is 23.8 Å². The van der Waals surface area contributed by atoms with Gasteiger partial charge in [0.25, 0.3) is 5.91 Å². The van der Waals surface area contributed by atoms with Gasteiger partial charge < -0.3 is 19.1 Å². The molecular weight excluding hydrogens is 318 g/mol. The maximum Gasteiger partial charge on any atom is 0.252 e. The molecule has 0 radical (unpaired) electrons. The highest BCUT2D eigenvalue weighted by atomic mass is 16.5. The molecule has 1 aliphatic carbocycles. The van der Waals surface area contributed by atoms with Crippen molar-refractivity contribution in [2.24, 2.45) is 0 Å². The molecule has 0 unspecified atom stereocenters. The number of ether oxygens (including phenoxy) is 3. The largest absolute Gasteiger partial charge is 0.493 e. The topological polar surface area (TPSA) is 48.0 Å². The fourth-order valence-electron chi connectivity index (χ4n) is 3.70. The van der Waals surface area contributed by atoms with Crippen LogP contribution in [0.1, 0.15) is 57.1 Å². The molecule has 1 heterocycles. The first-order valence-electron chi connectivity index (χ1n) is 9.35. The van der Waals surface area contributed by atoms with E-state index in [0.717, 1.165) is 44.1 Å². The van der Waals surface area contributed by atoms with Gasteiger partial charge in [-0.25, -0.2) is 0 Å². The highest BCUT2D eigenvalue weighted by molar-refractivity contribution is 5.82. The fraction of sp³-hybridized carbons (Fsp3) is 0.650. The van der Waals surface area contributed by atoms with E-state index < -0.39 is 0 Å². The van der Waals surface area contributed by atoms with Crippen molar-refractivity contribution >= 4 is 5.91 Å². The fourth-order valence-corrected chi connectivity index (χ4v) is 3.70. The van der Waals surface area contributed by atoms with Crippen molar-refractivity contribution in [2.45, 2.75) is 63.6 Å². The molecule has 0 aromatic heterocycles. The summed E-state index contributed by atoms with van der Waals surface area (Å²) in [5.74, 6) is 1.57. The van der Waals surface area contributed by atoms with E-state index in [9.17, 15) is 4.79 Å². The van der Waals surface area contributed by atoms with E-state index in [1.807, 2.05) is 18.2 Å². The quantitative estimate of drug-likeness (QED) is 0.754. The zero-order valence-corrected chi connectivity index (χ0v) is 15.5. The Labute approximate surface area is 150 Å². The van der Waals surface area contributed by atoms with E-state index in [1.165, 1.54) is 0 Å². The number of hydrogen-bond donors (Lipinski definition) is 0. The monoisotopic (exact) mass is 347 g/mol. The van der Waals surface area contributed by atoms with Gasteiger partial charge in [0.15, 0.2) is 11.5 Å². The maximum atomic E-state index is 13.2. The normalized spacial score (nSPS) is 21.5. The molecule has 0 bridgehead atoms. The number of benzene rings is 1. The predicted molar refractivity (Wildman–Crippen MR) is 96.0 cm³/mol. The number of carbonyl (C=O) groups excluding carboxylic acids is 1. The Hall–Kier alpha value is -1.75. The number of amides is 1. The Morgan fingerprint density at radius 3 is 2.52 bits per heavy atom. The molecule has 1 saturated heterocycles. The number of nitrogens with zero attached hydrogens (tertiary/aromatic N) is 1. The summed E-state index contributed by atoms with van der Waals surface area (Å²) >= 11 is 0.